The van der Waals surface area contributed by atoms with Crippen molar-refractivity contribution < 1.29 is 9.21 Å². The van der Waals surface area contributed by atoms with Gasteiger partial charge in [0.25, 0.3) is 0 Å². The summed E-state index contributed by atoms with van der Waals surface area (Å²) in [5, 5.41) is 0. The van der Waals surface area contributed by atoms with Crippen molar-refractivity contribution >= 4 is 5.91 Å². The summed E-state index contributed by atoms with van der Waals surface area (Å²) in [6.45, 7) is 0.492. The largest absolute Gasteiger partial charge is 0.467 e. The molecule has 2 N–H and O–H groups in total. The van der Waals surface area contributed by atoms with Gasteiger partial charge >= 0.3 is 0 Å². The number of benzene rings is 1. The Labute approximate surface area is 119 Å². The van der Waals surface area contributed by atoms with Crippen LogP contribution in [0.1, 0.15) is 30.2 Å². The molecule has 0 aliphatic rings. The minimum atomic E-state index is -0.0998. The number of hydrogen-bond donors (Lipinski definition) is 1. The second-order valence-corrected chi connectivity index (χ2v) is 4.89. The molecule has 1 aromatic carbocycles. The molecule has 0 saturated heterocycles. The molecule has 1 heterocycles. The first kappa shape index (κ1) is 14.3. The zero-order valence-corrected chi connectivity index (χ0v) is 11.7. The van der Waals surface area contributed by atoms with Crippen molar-refractivity contribution in [3.63, 3.8) is 0 Å². The van der Waals surface area contributed by atoms with E-state index in [0.29, 0.717) is 19.4 Å². The summed E-state index contributed by atoms with van der Waals surface area (Å²) in [7, 11) is 1.78. The van der Waals surface area contributed by atoms with Crippen LogP contribution < -0.4 is 5.73 Å². The molecule has 106 valence electrons. The summed E-state index contributed by atoms with van der Waals surface area (Å²) in [5.41, 5.74) is 7.15. The molecule has 1 unspecified atom stereocenters. The van der Waals surface area contributed by atoms with E-state index in [1.165, 1.54) is 0 Å². The minimum absolute atomic E-state index is 0.0766. The third kappa shape index (κ3) is 3.96. The number of hydrogen-bond acceptors (Lipinski definition) is 3. The van der Waals surface area contributed by atoms with Crippen molar-refractivity contribution in [1.82, 2.24) is 4.90 Å². The van der Waals surface area contributed by atoms with Crippen LogP contribution in [0.2, 0.25) is 0 Å². The first-order valence-corrected chi connectivity index (χ1v) is 6.73. The fourth-order valence-corrected chi connectivity index (χ4v) is 2.06. The van der Waals surface area contributed by atoms with Gasteiger partial charge in [0.05, 0.1) is 12.8 Å². The van der Waals surface area contributed by atoms with Crippen molar-refractivity contribution in [2.24, 2.45) is 5.73 Å². The van der Waals surface area contributed by atoms with E-state index >= 15 is 0 Å². The zero-order valence-electron chi connectivity index (χ0n) is 11.7. The second-order valence-electron chi connectivity index (χ2n) is 4.89. The van der Waals surface area contributed by atoms with E-state index in [9.17, 15) is 4.79 Å². The molecular formula is C16H20N2O2. The molecule has 1 aromatic heterocycles. The summed E-state index contributed by atoms with van der Waals surface area (Å²) >= 11 is 0. The molecule has 0 saturated carbocycles. The molecule has 4 nitrogen and oxygen atoms in total. The number of furan rings is 1. The molecule has 0 radical (unpaired) electrons. The monoisotopic (exact) mass is 272 g/mol. The van der Waals surface area contributed by atoms with Crippen LogP contribution in [0.4, 0.5) is 0 Å². The Hall–Kier alpha value is -2.07. The van der Waals surface area contributed by atoms with Gasteiger partial charge in [0.15, 0.2) is 0 Å². The molecule has 0 bridgehead atoms. The van der Waals surface area contributed by atoms with Crippen molar-refractivity contribution in [3.05, 3.63) is 60.1 Å². The summed E-state index contributed by atoms with van der Waals surface area (Å²) in [6.07, 6.45) is 2.69. The predicted molar refractivity (Wildman–Crippen MR) is 77.8 cm³/mol. The van der Waals surface area contributed by atoms with Gasteiger partial charge in [-0.3, -0.25) is 4.79 Å². The van der Waals surface area contributed by atoms with Crippen molar-refractivity contribution in [3.8, 4) is 0 Å². The van der Waals surface area contributed by atoms with Gasteiger partial charge in [0.1, 0.15) is 5.76 Å². The van der Waals surface area contributed by atoms with Crippen LogP contribution in [0.5, 0.6) is 0 Å². The smallest absolute Gasteiger partial charge is 0.222 e. The van der Waals surface area contributed by atoms with Crippen LogP contribution in [0.3, 0.4) is 0 Å². The highest BCUT2D eigenvalue weighted by Crippen LogP contribution is 2.16. The van der Waals surface area contributed by atoms with E-state index in [1.807, 2.05) is 42.5 Å². The molecule has 2 aromatic rings. The summed E-state index contributed by atoms with van der Waals surface area (Å²) in [4.78, 5) is 13.7. The molecule has 0 spiro atoms. The standard InChI is InChI=1S/C16H20N2O2/c1-18(12-14-8-5-11-20-14)16(19)10-9-15(17)13-6-3-2-4-7-13/h2-8,11,15H,9-10,12,17H2,1H3. The van der Waals surface area contributed by atoms with Crippen LogP contribution in [-0.2, 0) is 11.3 Å². The average molecular weight is 272 g/mol. The SMILES string of the molecule is CN(Cc1ccco1)C(=O)CCC(N)c1ccccc1. The Balaban J connectivity index is 1.80. The third-order valence-corrected chi connectivity index (χ3v) is 3.30. The van der Waals surface area contributed by atoms with E-state index in [2.05, 4.69) is 0 Å². The molecule has 2 rings (SSSR count). The van der Waals surface area contributed by atoms with Crippen LogP contribution in [0.25, 0.3) is 0 Å². The van der Waals surface area contributed by atoms with Gasteiger partial charge in [0.2, 0.25) is 5.91 Å². The van der Waals surface area contributed by atoms with Crippen molar-refractivity contribution in [2.45, 2.75) is 25.4 Å². The van der Waals surface area contributed by atoms with E-state index in [1.54, 1.807) is 18.2 Å². The Morgan fingerprint density at radius 2 is 2.00 bits per heavy atom. The number of carbonyl (C=O) groups excluding carboxylic acids is 1. The van der Waals surface area contributed by atoms with Gasteiger partial charge in [-0.05, 0) is 24.1 Å². The lowest BCUT2D eigenvalue weighted by Crippen LogP contribution is -2.26. The molecule has 0 aliphatic carbocycles. The van der Waals surface area contributed by atoms with Gasteiger partial charge in [-0.15, -0.1) is 0 Å². The lowest BCUT2D eigenvalue weighted by molar-refractivity contribution is -0.130. The topological polar surface area (TPSA) is 59.5 Å². The van der Waals surface area contributed by atoms with Gasteiger partial charge in [0, 0.05) is 19.5 Å². The first-order chi connectivity index (χ1) is 9.66. The summed E-state index contributed by atoms with van der Waals surface area (Å²) < 4.78 is 5.23. The van der Waals surface area contributed by atoms with Gasteiger partial charge in [-0.2, -0.15) is 0 Å². The van der Waals surface area contributed by atoms with Crippen LogP contribution in [0.15, 0.2) is 53.1 Å². The lowest BCUT2D eigenvalue weighted by atomic mass is 10.0. The fraction of sp³-hybridized carbons (Fsp3) is 0.312. The first-order valence-electron chi connectivity index (χ1n) is 6.73. The van der Waals surface area contributed by atoms with Crippen LogP contribution >= 0.6 is 0 Å². The molecule has 0 fully saturated rings. The van der Waals surface area contributed by atoms with E-state index < -0.39 is 0 Å². The highest BCUT2D eigenvalue weighted by atomic mass is 16.3. The maximum atomic E-state index is 12.0. The number of rotatable bonds is 6. The second kappa shape index (κ2) is 6.91. The molecule has 0 aliphatic heterocycles. The number of amides is 1. The maximum Gasteiger partial charge on any atom is 0.222 e. The molecule has 1 amide bonds. The highest BCUT2D eigenvalue weighted by molar-refractivity contribution is 5.75. The van der Waals surface area contributed by atoms with Crippen molar-refractivity contribution in [2.75, 3.05) is 7.05 Å². The van der Waals surface area contributed by atoms with E-state index in [0.717, 1.165) is 11.3 Å². The highest BCUT2D eigenvalue weighted by Gasteiger charge is 2.13. The average Bonchev–Trinajstić information content (AvgIpc) is 2.98. The fourth-order valence-electron chi connectivity index (χ4n) is 2.06. The maximum absolute atomic E-state index is 12.0. The molecule has 4 heteroatoms. The number of carbonyl (C=O) groups is 1. The number of nitrogens with two attached hydrogens (primary N) is 1. The zero-order chi connectivity index (χ0) is 14.4. The molecule has 1 atom stereocenters. The van der Waals surface area contributed by atoms with Gasteiger partial charge in [-0.25, -0.2) is 0 Å². The quantitative estimate of drug-likeness (QED) is 0.879. The molecule has 20 heavy (non-hydrogen) atoms. The minimum Gasteiger partial charge on any atom is -0.467 e. The Bertz CT molecular complexity index is 523. The Kier molecular flexibility index (Phi) is 4.96. The van der Waals surface area contributed by atoms with Gasteiger partial charge in [-0.1, -0.05) is 30.3 Å². The van der Waals surface area contributed by atoms with Gasteiger partial charge < -0.3 is 15.1 Å². The lowest BCUT2D eigenvalue weighted by Gasteiger charge is -2.17. The number of nitrogens with zero attached hydrogens (tertiary/aromatic N) is 1. The van der Waals surface area contributed by atoms with Crippen molar-refractivity contribution in [1.29, 1.82) is 0 Å². The Morgan fingerprint density at radius 1 is 1.25 bits per heavy atom. The third-order valence-electron chi connectivity index (χ3n) is 3.30. The molecular weight excluding hydrogens is 252 g/mol. The van der Waals surface area contributed by atoms with E-state index in [4.69, 9.17) is 10.2 Å². The predicted octanol–water partition coefficient (Wildman–Crippen LogP) is 2.72. The normalized spacial score (nSPS) is 12.1. The Morgan fingerprint density at radius 3 is 2.65 bits per heavy atom. The summed E-state index contributed by atoms with van der Waals surface area (Å²) in [6, 6.07) is 13.4. The van der Waals surface area contributed by atoms with Crippen LogP contribution in [0, 0.1) is 0 Å². The van der Waals surface area contributed by atoms with Crippen LogP contribution in [-0.4, -0.2) is 17.9 Å². The summed E-state index contributed by atoms with van der Waals surface area (Å²) in [5.74, 6) is 0.862. The van der Waals surface area contributed by atoms with E-state index in [-0.39, 0.29) is 11.9 Å².